The van der Waals surface area contributed by atoms with E-state index in [0.29, 0.717) is 0 Å². The molecule has 68 valence electrons. The topological polar surface area (TPSA) is 30.2 Å². The molecule has 0 aliphatic rings. The Morgan fingerprint density at radius 2 is 1.86 bits per heavy atom. The molecule has 0 bridgehead atoms. The number of nitrogens with zero attached hydrogens (tertiary/aromatic N) is 3. The lowest BCUT2D eigenvalue weighted by Gasteiger charge is -1.98. The van der Waals surface area contributed by atoms with Crippen molar-refractivity contribution in [3.8, 4) is 0 Å². The van der Waals surface area contributed by atoms with E-state index in [0.717, 1.165) is 11.5 Å². The van der Waals surface area contributed by atoms with Crippen LogP contribution in [0.2, 0.25) is 0 Å². The summed E-state index contributed by atoms with van der Waals surface area (Å²) in [6, 6.07) is 10.3. The molecule has 0 saturated heterocycles. The first-order valence-electron chi connectivity index (χ1n) is 4.55. The zero-order chi connectivity index (χ0) is 9.54. The standard InChI is InChI=1S/C11H9N3/c1-8-12-13-11-6-9-4-2-3-5-10(9)7-14(8)11/h2-7H,1H3. The van der Waals surface area contributed by atoms with Crippen LogP contribution in [0.5, 0.6) is 0 Å². The van der Waals surface area contributed by atoms with E-state index in [1.807, 2.05) is 23.5 Å². The van der Waals surface area contributed by atoms with E-state index in [1.165, 1.54) is 10.8 Å². The van der Waals surface area contributed by atoms with Gasteiger partial charge in [-0.15, -0.1) is 10.2 Å². The number of rotatable bonds is 0. The minimum absolute atomic E-state index is 0.904. The molecule has 3 heteroatoms. The number of fused-ring (bicyclic) bond motifs is 2. The van der Waals surface area contributed by atoms with Crippen LogP contribution in [0, 0.1) is 6.92 Å². The minimum atomic E-state index is 0.904. The molecule has 0 atom stereocenters. The van der Waals surface area contributed by atoms with E-state index in [1.54, 1.807) is 0 Å². The Hall–Kier alpha value is -1.90. The van der Waals surface area contributed by atoms with Gasteiger partial charge in [-0.2, -0.15) is 0 Å². The quantitative estimate of drug-likeness (QED) is 0.534. The van der Waals surface area contributed by atoms with E-state index >= 15 is 0 Å². The van der Waals surface area contributed by atoms with Crippen LogP contribution in [0.1, 0.15) is 5.82 Å². The normalized spacial score (nSPS) is 11.2. The van der Waals surface area contributed by atoms with Gasteiger partial charge in [0.25, 0.3) is 0 Å². The summed E-state index contributed by atoms with van der Waals surface area (Å²) in [5.41, 5.74) is 0.904. The molecule has 0 radical (unpaired) electrons. The molecule has 14 heavy (non-hydrogen) atoms. The molecule has 2 aromatic heterocycles. The highest BCUT2D eigenvalue weighted by atomic mass is 15.2. The first kappa shape index (κ1) is 7.50. The van der Waals surface area contributed by atoms with Crippen LogP contribution in [0.25, 0.3) is 16.4 Å². The lowest BCUT2D eigenvalue weighted by molar-refractivity contribution is 1.01. The maximum absolute atomic E-state index is 4.08. The van der Waals surface area contributed by atoms with Crippen LogP contribution < -0.4 is 0 Å². The fourth-order valence-corrected chi connectivity index (χ4v) is 1.68. The second-order valence-electron chi connectivity index (χ2n) is 3.38. The summed E-state index contributed by atoms with van der Waals surface area (Å²) < 4.78 is 2.00. The van der Waals surface area contributed by atoms with Crippen molar-refractivity contribution in [2.24, 2.45) is 0 Å². The van der Waals surface area contributed by atoms with Gasteiger partial charge in [-0.25, -0.2) is 0 Å². The maximum atomic E-state index is 4.08. The van der Waals surface area contributed by atoms with Gasteiger partial charge >= 0.3 is 0 Å². The summed E-state index contributed by atoms with van der Waals surface area (Å²) in [7, 11) is 0. The predicted molar refractivity (Wildman–Crippen MR) is 55.2 cm³/mol. The number of aromatic nitrogens is 3. The second-order valence-corrected chi connectivity index (χ2v) is 3.38. The Balaban J connectivity index is 2.54. The molecule has 0 N–H and O–H groups in total. The van der Waals surface area contributed by atoms with E-state index < -0.39 is 0 Å². The molecule has 3 nitrogen and oxygen atoms in total. The molecular weight excluding hydrogens is 174 g/mol. The number of hydrogen-bond donors (Lipinski definition) is 0. The van der Waals surface area contributed by atoms with Crippen LogP contribution in [0.15, 0.2) is 36.5 Å². The summed E-state index contributed by atoms with van der Waals surface area (Å²) in [5, 5.41) is 10.5. The van der Waals surface area contributed by atoms with Gasteiger partial charge in [-0.1, -0.05) is 24.3 Å². The van der Waals surface area contributed by atoms with Crippen LogP contribution >= 0.6 is 0 Å². The Bertz CT molecular complexity index is 610. The van der Waals surface area contributed by atoms with Gasteiger partial charge in [0.05, 0.1) is 0 Å². The Kier molecular flexibility index (Phi) is 1.36. The molecule has 0 unspecified atom stereocenters. The maximum Gasteiger partial charge on any atom is 0.161 e. The van der Waals surface area contributed by atoms with Gasteiger partial charge in [-0.3, -0.25) is 4.40 Å². The van der Waals surface area contributed by atoms with E-state index in [9.17, 15) is 0 Å². The molecule has 1 aromatic carbocycles. The van der Waals surface area contributed by atoms with Gasteiger partial charge < -0.3 is 0 Å². The zero-order valence-electron chi connectivity index (χ0n) is 7.81. The van der Waals surface area contributed by atoms with Crippen LogP contribution in [-0.4, -0.2) is 14.6 Å². The molecule has 0 fully saturated rings. The molecule has 3 rings (SSSR count). The van der Waals surface area contributed by atoms with Gasteiger partial charge in [0.15, 0.2) is 5.65 Å². The average Bonchev–Trinajstić information content (AvgIpc) is 2.57. The van der Waals surface area contributed by atoms with Gasteiger partial charge in [-0.05, 0) is 23.8 Å². The fourth-order valence-electron chi connectivity index (χ4n) is 1.68. The van der Waals surface area contributed by atoms with E-state index in [2.05, 4.69) is 34.6 Å². The van der Waals surface area contributed by atoms with Crippen LogP contribution in [-0.2, 0) is 0 Å². The van der Waals surface area contributed by atoms with Gasteiger partial charge in [0.2, 0.25) is 0 Å². The molecule has 0 saturated carbocycles. The van der Waals surface area contributed by atoms with Crippen molar-refractivity contribution in [3.05, 3.63) is 42.4 Å². The molecular formula is C11H9N3. The number of aryl methyl sites for hydroxylation is 1. The summed E-state index contributed by atoms with van der Waals surface area (Å²) in [6.45, 7) is 1.95. The predicted octanol–water partition coefficient (Wildman–Crippen LogP) is 2.19. The Morgan fingerprint density at radius 3 is 2.71 bits per heavy atom. The van der Waals surface area contributed by atoms with Crippen molar-refractivity contribution in [1.82, 2.24) is 14.6 Å². The smallest absolute Gasteiger partial charge is 0.161 e. The highest BCUT2D eigenvalue weighted by molar-refractivity contribution is 5.84. The van der Waals surface area contributed by atoms with Gasteiger partial charge in [0, 0.05) is 6.20 Å². The first-order chi connectivity index (χ1) is 6.84. The number of benzene rings is 1. The molecule has 3 aromatic rings. The second kappa shape index (κ2) is 2.54. The van der Waals surface area contributed by atoms with Crippen molar-refractivity contribution < 1.29 is 0 Å². The van der Waals surface area contributed by atoms with Crippen molar-refractivity contribution in [2.75, 3.05) is 0 Å². The van der Waals surface area contributed by atoms with E-state index in [4.69, 9.17) is 0 Å². The highest BCUT2D eigenvalue weighted by Crippen LogP contribution is 2.15. The van der Waals surface area contributed by atoms with Crippen molar-refractivity contribution in [1.29, 1.82) is 0 Å². The number of hydrogen-bond acceptors (Lipinski definition) is 2. The van der Waals surface area contributed by atoms with Crippen molar-refractivity contribution in [2.45, 2.75) is 6.92 Å². The summed E-state index contributed by atoms with van der Waals surface area (Å²) >= 11 is 0. The lowest BCUT2D eigenvalue weighted by Crippen LogP contribution is -1.87. The third kappa shape index (κ3) is 0.923. The number of pyridine rings is 1. The molecule has 0 amide bonds. The minimum Gasteiger partial charge on any atom is -0.286 e. The monoisotopic (exact) mass is 183 g/mol. The van der Waals surface area contributed by atoms with Crippen LogP contribution in [0.4, 0.5) is 0 Å². The fraction of sp³-hybridized carbons (Fsp3) is 0.0909. The molecule has 2 heterocycles. The highest BCUT2D eigenvalue weighted by Gasteiger charge is 2.01. The summed E-state index contributed by atoms with van der Waals surface area (Å²) in [5.74, 6) is 0.922. The molecule has 0 spiro atoms. The third-order valence-corrected chi connectivity index (χ3v) is 2.44. The summed E-state index contributed by atoms with van der Waals surface area (Å²) in [6.07, 6.45) is 2.07. The molecule has 0 aliphatic carbocycles. The van der Waals surface area contributed by atoms with E-state index in [-0.39, 0.29) is 0 Å². The average molecular weight is 183 g/mol. The van der Waals surface area contributed by atoms with Crippen molar-refractivity contribution in [3.63, 3.8) is 0 Å². The Morgan fingerprint density at radius 1 is 1.07 bits per heavy atom. The third-order valence-electron chi connectivity index (χ3n) is 2.44. The largest absolute Gasteiger partial charge is 0.286 e. The van der Waals surface area contributed by atoms with Gasteiger partial charge in [0.1, 0.15) is 5.82 Å². The van der Waals surface area contributed by atoms with Crippen molar-refractivity contribution >= 4 is 16.4 Å². The zero-order valence-corrected chi connectivity index (χ0v) is 7.81. The lowest BCUT2D eigenvalue weighted by atomic mass is 10.2. The molecule has 0 aliphatic heterocycles. The first-order valence-corrected chi connectivity index (χ1v) is 4.55. The summed E-state index contributed by atoms with van der Waals surface area (Å²) in [4.78, 5) is 0. The SMILES string of the molecule is Cc1nnc2cc3ccccc3cn12. The van der Waals surface area contributed by atoms with Crippen LogP contribution in [0.3, 0.4) is 0 Å². The Labute approximate surface area is 81.0 Å².